The summed E-state index contributed by atoms with van der Waals surface area (Å²) < 4.78 is 1.97. The molecule has 0 bridgehead atoms. The number of hydrogen-bond acceptors (Lipinski definition) is 2. The van der Waals surface area contributed by atoms with E-state index < -0.39 is 0 Å². The van der Waals surface area contributed by atoms with Crippen LogP contribution < -0.4 is 0 Å². The fourth-order valence-corrected chi connectivity index (χ4v) is 3.11. The van der Waals surface area contributed by atoms with E-state index in [9.17, 15) is 5.11 Å². The van der Waals surface area contributed by atoms with Gasteiger partial charge in [0.25, 0.3) is 0 Å². The van der Waals surface area contributed by atoms with Gasteiger partial charge >= 0.3 is 0 Å². The molecule has 0 fully saturated rings. The lowest BCUT2D eigenvalue weighted by Crippen LogP contribution is -1.67. The largest absolute Gasteiger partial charge is 0.508 e. The van der Waals surface area contributed by atoms with Crippen LogP contribution in [-0.2, 0) is 5.88 Å². The number of aromatic hydroxyl groups is 1. The molecule has 13 heavy (non-hydrogen) atoms. The number of alkyl halides is 1. The molecule has 1 nitrogen and oxygen atoms in total. The molecule has 0 aliphatic heterocycles. The van der Waals surface area contributed by atoms with Crippen LogP contribution >= 0.6 is 38.9 Å². The number of halogens is 2. The van der Waals surface area contributed by atoms with Crippen LogP contribution in [0.5, 0.6) is 5.75 Å². The molecule has 0 spiro atoms. The van der Waals surface area contributed by atoms with Crippen LogP contribution in [0.2, 0.25) is 0 Å². The maximum absolute atomic E-state index is 9.34. The molecule has 2 rings (SSSR count). The normalized spacial score (nSPS) is 10.9. The molecule has 0 aliphatic carbocycles. The van der Waals surface area contributed by atoms with E-state index in [1.54, 1.807) is 23.5 Å². The van der Waals surface area contributed by atoms with Gasteiger partial charge in [-0.15, -0.1) is 22.9 Å². The lowest BCUT2D eigenvalue weighted by atomic mass is 10.2. The highest BCUT2D eigenvalue weighted by molar-refractivity contribution is 9.10. The van der Waals surface area contributed by atoms with E-state index in [1.165, 1.54) is 0 Å². The number of fused-ring (bicyclic) bond motifs is 1. The third kappa shape index (κ3) is 1.68. The predicted octanol–water partition coefficient (Wildman–Crippen LogP) is 4.11. The van der Waals surface area contributed by atoms with Crippen molar-refractivity contribution in [2.24, 2.45) is 0 Å². The van der Waals surface area contributed by atoms with Crippen molar-refractivity contribution in [3.05, 3.63) is 27.5 Å². The quantitative estimate of drug-likeness (QED) is 0.778. The lowest BCUT2D eigenvalue weighted by molar-refractivity contribution is 0.476. The molecular weight excluding hydrogens is 272 g/mol. The van der Waals surface area contributed by atoms with Crippen molar-refractivity contribution in [1.29, 1.82) is 0 Å². The first-order chi connectivity index (χ1) is 6.20. The summed E-state index contributed by atoms with van der Waals surface area (Å²) in [6.45, 7) is 0. The first-order valence-corrected chi connectivity index (χ1v) is 5.82. The van der Waals surface area contributed by atoms with Gasteiger partial charge in [0.15, 0.2) is 0 Å². The molecule has 68 valence electrons. The van der Waals surface area contributed by atoms with Gasteiger partial charge in [-0.1, -0.05) is 0 Å². The Hall–Kier alpha value is -0.250. The molecular formula is C9H6BrClOS. The zero-order chi connectivity index (χ0) is 9.42. The topological polar surface area (TPSA) is 20.2 Å². The number of hydrogen-bond donors (Lipinski definition) is 1. The monoisotopic (exact) mass is 276 g/mol. The smallest absolute Gasteiger partial charge is 0.118 e. The van der Waals surface area contributed by atoms with E-state index in [0.29, 0.717) is 5.88 Å². The van der Waals surface area contributed by atoms with Crippen molar-refractivity contribution >= 4 is 49.0 Å². The summed E-state index contributed by atoms with van der Waals surface area (Å²) in [7, 11) is 0. The van der Waals surface area contributed by atoms with Crippen molar-refractivity contribution in [1.82, 2.24) is 0 Å². The number of phenolic OH excluding ortho intramolecular Hbond substituents is 1. The highest BCUT2D eigenvalue weighted by atomic mass is 79.9. The average Bonchev–Trinajstić information content (AvgIpc) is 2.47. The standard InChI is InChI=1S/C9H6BrClOS/c10-8-1-5(12)2-9-7(8)3-6(4-11)13-9/h1-3,12H,4H2. The van der Waals surface area contributed by atoms with Crippen LogP contribution in [0.25, 0.3) is 10.1 Å². The van der Waals surface area contributed by atoms with Crippen LogP contribution in [0.3, 0.4) is 0 Å². The summed E-state index contributed by atoms with van der Waals surface area (Å²) in [4.78, 5) is 1.11. The molecule has 0 saturated carbocycles. The Balaban J connectivity index is 2.75. The van der Waals surface area contributed by atoms with E-state index in [2.05, 4.69) is 15.9 Å². The van der Waals surface area contributed by atoms with Gasteiger partial charge in [0.2, 0.25) is 0 Å². The summed E-state index contributed by atoms with van der Waals surface area (Å²) in [5, 5.41) is 10.4. The summed E-state index contributed by atoms with van der Waals surface area (Å²) in [6.07, 6.45) is 0. The Labute approximate surface area is 93.1 Å². The minimum Gasteiger partial charge on any atom is -0.508 e. The minimum atomic E-state index is 0.280. The second-order valence-corrected chi connectivity index (χ2v) is 4.98. The minimum absolute atomic E-state index is 0.280. The first kappa shape index (κ1) is 9.31. The Bertz CT molecular complexity index is 452. The zero-order valence-corrected chi connectivity index (χ0v) is 9.71. The number of benzene rings is 1. The maximum atomic E-state index is 9.34. The van der Waals surface area contributed by atoms with Gasteiger partial charge in [0.1, 0.15) is 5.75 Å². The molecule has 4 heteroatoms. The van der Waals surface area contributed by atoms with Gasteiger partial charge in [-0.25, -0.2) is 0 Å². The molecule has 2 aromatic rings. The van der Waals surface area contributed by atoms with Gasteiger partial charge in [-0.2, -0.15) is 0 Å². The molecule has 1 aromatic carbocycles. The maximum Gasteiger partial charge on any atom is 0.118 e. The Morgan fingerprint density at radius 3 is 2.85 bits per heavy atom. The van der Waals surface area contributed by atoms with E-state index in [-0.39, 0.29) is 5.75 Å². The number of phenols is 1. The third-order valence-electron chi connectivity index (χ3n) is 1.75. The first-order valence-electron chi connectivity index (χ1n) is 3.67. The Kier molecular flexibility index (Phi) is 2.49. The van der Waals surface area contributed by atoms with Gasteiger partial charge in [-0.3, -0.25) is 0 Å². The molecule has 1 N–H and O–H groups in total. The molecule has 0 unspecified atom stereocenters. The summed E-state index contributed by atoms with van der Waals surface area (Å²) in [5.41, 5.74) is 0. The molecule has 0 radical (unpaired) electrons. The van der Waals surface area contributed by atoms with E-state index >= 15 is 0 Å². The third-order valence-corrected chi connectivity index (χ3v) is 3.94. The highest BCUT2D eigenvalue weighted by Gasteiger charge is 2.05. The second kappa shape index (κ2) is 3.48. The second-order valence-electron chi connectivity index (χ2n) is 2.69. The zero-order valence-electron chi connectivity index (χ0n) is 6.55. The van der Waals surface area contributed by atoms with Gasteiger partial charge in [-0.05, 0) is 34.1 Å². The molecule has 0 aliphatic rings. The SMILES string of the molecule is Oc1cc(Br)c2cc(CCl)sc2c1. The van der Waals surface area contributed by atoms with Gasteiger partial charge < -0.3 is 5.11 Å². The van der Waals surface area contributed by atoms with Crippen LogP contribution in [0.4, 0.5) is 0 Å². The van der Waals surface area contributed by atoms with E-state index in [4.69, 9.17) is 11.6 Å². The lowest BCUT2D eigenvalue weighted by Gasteiger charge is -1.94. The fraction of sp³-hybridized carbons (Fsp3) is 0.111. The molecule has 1 heterocycles. The molecule has 0 atom stereocenters. The average molecular weight is 278 g/mol. The van der Waals surface area contributed by atoms with Crippen LogP contribution in [0, 0.1) is 0 Å². The number of thiophene rings is 1. The van der Waals surface area contributed by atoms with Crippen LogP contribution in [-0.4, -0.2) is 5.11 Å². The van der Waals surface area contributed by atoms with Gasteiger partial charge in [0.05, 0.1) is 5.88 Å². The summed E-state index contributed by atoms with van der Waals surface area (Å²) >= 11 is 10.7. The Morgan fingerprint density at radius 2 is 2.15 bits per heavy atom. The molecule has 0 amide bonds. The number of rotatable bonds is 1. The van der Waals surface area contributed by atoms with Crippen molar-refractivity contribution in [2.75, 3.05) is 0 Å². The van der Waals surface area contributed by atoms with Crippen LogP contribution in [0.1, 0.15) is 4.88 Å². The summed E-state index contributed by atoms with van der Waals surface area (Å²) in [6, 6.07) is 5.48. The van der Waals surface area contributed by atoms with E-state index in [0.717, 1.165) is 19.4 Å². The highest BCUT2D eigenvalue weighted by Crippen LogP contribution is 2.35. The van der Waals surface area contributed by atoms with Crippen molar-refractivity contribution in [3.8, 4) is 5.75 Å². The molecule has 1 aromatic heterocycles. The Morgan fingerprint density at radius 1 is 1.38 bits per heavy atom. The molecule has 0 saturated heterocycles. The van der Waals surface area contributed by atoms with Crippen LogP contribution in [0.15, 0.2) is 22.7 Å². The van der Waals surface area contributed by atoms with Crippen molar-refractivity contribution in [2.45, 2.75) is 5.88 Å². The van der Waals surface area contributed by atoms with Gasteiger partial charge in [0, 0.05) is 19.4 Å². The van der Waals surface area contributed by atoms with E-state index in [1.807, 2.05) is 6.07 Å². The van der Waals surface area contributed by atoms with Crippen molar-refractivity contribution in [3.63, 3.8) is 0 Å². The van der Waals surface area contributed by atoms with Crippen molar-refractivity contribution < 1.29 is 5.11 Å². The predicted molar refractivity (Wildman–Crippen MR) is 60.7 cm³/mol. The fourth-order valence-electron chi connectivity index (χ4n) is 1.20. The summed E-state index contributed by atoms with van der Waals surface area (Å²) in [5.74, 6) is 0.800.